The van der Waals surface area contributed by atoms with Crippen LogP contribution >= 0.6 is 23.2 Å². The highest BCUT2D eigenvalue weighted by atomic mass is 35.5. The number of halogens is 5. The highest BCUT2D eigenvalue weighted by Gasteiger charge is 2.39. The summed E-state index contributed by atoms with van der Waals surface area (Å²) in [5.41, 5.74) is -0.671. The molecule has 0 aliphatic carbocycles. The number of benzene rings is 2. The molecule has 25 heavy (non-hydrogen) atoms. The third kappa shape index (κ3) is 3.61. The van der Waals surface area contributed by atoms with Crippen LogP contribution in [0.25, 0.3) is 11.3 Å². The summed E-state index contributed by atoms with van der Waals surface area (Å²) >= 11 is 11.8. The van der Waals surface area contributed by atoms with Gasteiger partial charge in [0.25, 0.3) is 0 Å². The highest BCUT2D eigenvalue weighted by molar-refractivity contribution is 7.85. The molecule has 0 fully saturated rings. The fourth-order valence-corrected chi connectivity index (χ4v) is 4.16. The maximum atomic E-state index is 13.3. The summed E-state index contributed by atoms with van der Waals surface area (Å²) in [4.78, 5) is 2.53. The molecule has 1 N–H and O–H groups in total. The van der Waals surface area contributed by atoms with E-state index in [1.807, 2.05) is 0 Å². The van der Waals surface area contributed by atoms with E-state index in [1.54, 1.807) is 30.3 Å². The Bertz CT molecular complexity index is 922. The first kappa shape index (κ1) is 18.0. The van der Waals surface area contributed by atoms with Crippen LogP contribution in [-0.2, 0) is 17.0 Å². The summed E-state index contributed by atoms with van der Waals surface area (Å²) in [7, 11) is -1.89. The summed E-state index contributed by atoms with van der Waals surface area (Å²) in [5, 5.41) is -0.164. The van der Waals surface area contributed by atoms with E-state index in [-0.39, 0.29) is 10.6 Å². The topological polar surface area (TPSA) is 32.9 Å². The molecule has 3 aromatic rings. The molecule has 0 aliphatic rings. The van der Waals surface area contributed by atoms with Gasteiger partial charge in [-0.15, -0.1) is 0 Å². The molecule has 8 heteroatoms. The lowest BCUT2D eigenvalue weighted by Crippen LogP contribution is -2.06. The van der Waals surface area contributed by atoms with E-state index < -0.39 is 27.7 Å². The van der Waals surface area contributed by atoms with Gasteiger partial charge in [0.2, 0.25) is 0 Å². The standard InChI is InChI=1S/C17H10Cl2F3NOS/c18-11-8-6-10(7-9-11)14-15(13(19)16(23-14)17(20,21)22)25(24)12-4-2-1-3-5-12/h1-9,23H. The quantitative estimate of drug-likeness (QED) is 0.556. The third-order valence-electron chi connectivity index (χ3n) is 3.45. The van der Waals surface area contributed by atoms with Crippen LogP contribution in [0.5, 0.6) is 0 Å². The van der Waals surface area contributed by atoms with Crippen LogP contribution in [0.2, 0.25) is 10.0 Å². The zero-order valence-electron chi connectivity index (χ0n) is 12.4. The Morgan fingerprint density at radius 1 is 0.920 bits per heavy atom. The summed E-state index contributed by atoms with van der Waals surface area (Å²) in [5.74, 6) is 0. The van der Waals surface area contributed by atoms with Crippen LogP contribution in [0.1, 0.15) is 5.69 Å². The number of aromatic amines is 1. The maximum Gasteiger partial charge on any atom is 0.432 e. The first-order valence-electron chi connectivity index (χ1n) is 7.00. The Balaban J connectivity index is 2.23. The maximum absolute atomic E-state index is 13.3. The first-order valence-corrected chi connectivity index (χ1v) is 8.91. The lowest BCUT2D eigenvalue weighted by Gasteiger charge is -2.06. The first-order chi connectivity index (χ1) is 11.8. The summed E-state index contributed by atoms with van der Waals surface area (Å²) in [6, 6.07) is 14.3. The Morgan fingerprint density at radius 2 is 1.52 bits per heavy atom. The normalized spacial score (nSPS) is 13.0. The van der Waals surface area contributed by atoms with Gasteiger partial charge in [-0.05, 0) is 29.8 Å². The largest absolute Gasteiger partial charge is 0.432 e. The molecule has 2 nitrogen and oxygen atoms in total. The van der Waals surface area contributed by atoms with Gasteiger partial charge in [-0.25, -0.2) is 4.21 Å². The third-order valence-corrected chi connectivity index (χ3v) is 5.68. The molecule has 0 saturated carbocycles. The Labute approximate surface area is 154 Å². The fourth-order valence-electron chi connectivity index (χ4n) is 2.31. The number of H-pyrrole nitrogens is 1. The van der Waals surface area contributed by atoms with Crippen molar-refractivity contribution >= 4 is 34.0 Å². The number of alkyl halides is 3. The van der Waals surface area contributed by atoms with Gasteiger partial charge < -0.3 is 4.98 Å². The van der Waals surface area contributed by atoms with Crippen molar-refractivity contribution in [1.82, 2.24) is 4.98 Å². The predicted molar refractivity (Wildman–Crippen MR) is 92.4 cm³/mol. The van der Waals surface area contributed by atoms with Crippen molar-refractivity contribution in [2.24, 2.45) is 0 Å². The van der Waals surface area contributed by atoms with Crippen molar-refractivity contribution in [2.75, 3.05) is 0 Å². The monoisotopic (exact) mass is 403 g/mol. The van der Waals surface area contributed by atoms with E-state index >= 15 is 0 Å². The Morgan fingerprint density at radius 3 is 2.08 bits per heavy atom. The molecule has 1 aromatic heterocycles. The van der Waals surface area contributed by atoms with E-state index in [1.165, 1.54) is 24.3 Å². The summed E-state index contributed by atoms with van der Waals surface area (Å²) in [6.07, 6.45) is -4.70. The second-order valence-corrected chi connectivity index (χ2v) is 7.34. The lowest BCUT2D eigenvalue weighted by atomic mass is 10.1. The van der Waals surface area contributed by atoms with Crippen LogP contribution < -0.4 is 0 Å². The van der Waals surface area contributed by atoms with Crippen molar-refractivity contribution < 1.29 is 17.4 Å². The number of hydrogen-bond acceptors (Lipinski definition) is 1. The van der Waals surface area contributed by atoms with Crippen LogP contribution in [0, 0.1) is 0 Å². The van der Waals surface area contributed by atoms with Gasteiger partial charge in [-0.3, -0.25) is 0 Å². The number of nitrogens with one attached hydrogen (secondary N) is 1. The van der Waals surface area contributed by atoms with Crippen molar-refractivity contribution in [3.63, 3.8) is 0 Å². The number of aromatic nitrogens is 1. The van der Waals surface area contributed by atoms with Gasteiger partial charge in [-0.1, -0.05) is 53.5 Å². The van der Waals surface area contributed by atoms with Gasteiger partial charge in [0.1, 0.15) is 5.69 Å². The molecule has 0 amide bonds. The molecule has 0 bridgehead atoms. The zero-order valence-corrected chi connectivity index (χ0v) is 14.7. The van der Waals surface area contributed by atoms with Gasteiger partial charge >= 0.3 is 6.18 Å². The number of rotatable bonds is 3. The molecular weight excluding hydrogens is 394 g/mol. The van der Waals surface area contributed by atoms with Crippen molar-refractivity contribution in [3.05, 3.63) is 70.3 Å². The SMILES string of the molecule is O=S(c1ccccc1)c1c(-c2ccc(Cl)cc2)[nH]c(C(F)(F)F)c1Cl. The molecule has 0 saturated heterocycles. The fraction of sp³-hybridized carbons (Fsp3) is 0.0588. The second kappa shape index (κ2) is 6.86. The molecule has 2 aromatic carbocycles. The molecule has 1 heterocycles. The Hall–Kier alpha value is -1.76. The molecule has 0 aliphatic heterocycles. The number of hydrogen-bond donors (Lipinski definition) is 1. The second-order valence-electron chi connectivity index (χ2n) is 5.10. The van der Waals surface area contributed by atoms with E-state index in [9.17, 15) is 17.4 Å². The predicted octanol–water partition coefficient (Wildman–Crippen LogP) is 6.17. The van der Waals surface area contributed by atoms with Gasteiger partial charge in [0, 0.05) is 9.92 Å². The van der Waals surface area contributed by atoms with E-state index in [4.69, 9.17) is 23.2 Å². The highest BCUT2D eigenvalue weighted by Crippen LogP contribution is 2.43. The van der Waals surface area contributed by atoms with E-state index in [0.717, 1.165) is 0 Å². The molecule has 1 atom stereocenters. The van der Waals surface area contributed by atoms with Gasteiger partial charge in [0.15, 0.2) is 0 Å². The Kier molecular flexibility index (Phi) is 4.95. The average molecular weight is 404 g/mol. The van der Waals surface area contributed by atoms with E-state index in [0.29, 0.717) is 15.5 Å². The van der Waals surface area contributed by atoms with Gasteiger partial charge in [0.05, 0.1) is 26.4 Å². The van der Waals surface area contributed by atoms with Gasteiger partial charge in [-0.2, -0.15) is 13.2 Å². The van der Waals surface area contributed by atoms with Crippen LogP contribution in [0.15, 0.2) is 64.4 Å². The minimum Gasteiger partial charge on any atom is -0.349 e. The molecule has 130 valence electrons. The van der Waals surface area contributed by atoms with Crippen molar-refractivity contribution in [2.45, 2.75) is 16.0 Å². The van der Waals surface area contributed by atoms with Crippen molar-refractivity contribution in [1.29, 1.82) is 0 Å². The molecule has 3 rings (SSSR count). The molecule has 0 spiro atoms. The average Bonchev–Trinajstić information content (AvgIpc) is 2.93. The lowest BCUT2D eigenvalue weighted by molar-refractivity contribution is -0.140. The zero-order chi connectivity index (χ0) is 18.2. The van der Waals surface area contributed by atoms with Crippen LogP contribution in [-0.4, -0.2) is 9.19 Å². The van der Waals surface area contributed by atoms with Crippen LogP contribution in [0.3, 0.4) is 0 Å². The minimum absolute atomic E-state index is 0.0520. The summed E-state index contributed by atoms with van der Waals surface area (Å²) in [6.45, 7) is 0. The molecule has 0 radical (unpaired) electrons. The molecule has 1 unspecified atom stereocenters. The van der Waals surface area contributed by atoms with Crippen molar-refractivity contribution in [3.8, 4) is 11.3 Å². The smallest absolute Gasteiger partial charge is 0.349 e. The van der Waals surface area contributed by atoms with E-state index in [2.05, 4.69) is 4.98 Å². The summed E-state index contributed by atoms with van der Waals surface area (Å²) < 4.78 is 52.6. The van der Waals surface area contributed by atoms with Crippen LogP contribution in [0.4, 0.5) is 13.2 Å². The minimum atomic E-state index is -4.70. The molecular formula is C17H10Cl2F3NOS.